The van der Waals surface area contributed by atoms with E-state index in [-0.39, 0.29) is 5.91 Å². The number of likely N-dealkylation sites (tertiary alicyclic amines) is 1. The summed E-state index contributed by atoms with van der Waals surface area (Å²) in [5, 5.41) is 3.13. The van der Waals surface area contributed by atoms with E-state index in [1.165, 1.54) is 0 Å². The van der Waals surface area contributed by atoms with Crippen LogP contribution in [0, 0.1) is 0 Å². The lowest BCUT2D eigenvalue weighted by Crippen LogP contribution is -2.48. The van der Waals surface area contributed by atoms with Crippen LogP contribution < -0.4 is 16.8 Å². The number of primary amides is 1. The molecular weight excluding hydrogens is 194 g/mol. The zero-order valence-corrected chi connectivity index (χ0v) is 9.07. The number of piperidine rings is 1. The molecule has 0 radical (unpaired) electrons. The minimum Gasteiger partial charge on any atom is -0.370 e. The van der Waals surface area contributed by atoms with Gasteiger partial charge < -0.3 is 16.8 Å². The molecule has 6 nitrogen and oxygen atoms in total. The molecule has 1 rings (SSSR count). The molecule has 86 valence electrons. The van der Waals surface area contributed by atoms with Crippen molar-refractivity contribution in [2.75, 3.05) is 26.7 Å². The van der Waals surface area contributed by atoms with E-state index in [4.69, 9.17) is 11.5 Å². The number of guanidine groups is 1. The van der Waals surface area contributed by atoms with Gasteiger partial charge in [0.2, 0.25) is 5.91 Å². The van der Waals surface area contributed by atoms with Gasteiger partial charge in [0.05, 0.1) is 6.54 Å². The van der Waals surface area contributed by atoms with Crippen molar-refractivity contribution < 1.29 is 4.79 Å². The summed E-state index contributed by atoms with van der Waals surface area (Å²) >= 11 is 0. The number of carbonyl (C=O) groups is 1. The molecule has 1 heterocycles. The number of aliphatic imine (C=N–C) groups is 1. The number of rotatable bonds is 3. The second-order valence-electron chi connectivity index (χ2n) is 3.77. The van der Waals surface area contributed by atoms with Crippen LogP contribution in [0.15, 0.2) is 4.99 Å². The van der Waals surface area contributed by atoms with E-state index in [9.17, 15) is 4.79 Å². The maximum absolute atomic E-state index is 10.7. The van der Waals surface area contributed by atoms with Gasteiger partial charge in [0.1, 0.15) is 0 Å². The summed E-state index contributed by atoms with van der Waals surface area (Å²) in [6.45, 7) is 2.10. The molecule has 0 unspecified atom stereocenters. The Hall–Kier alpha value is -1.30. The number of nitrogens with two attached hydrogens (primary N) is 2. The number of amides is 1. The lowest BCUT2D eigenvalue weighted by molar-refractivity contribution is -0.119. The Morgan fingerprint density at radius 1 is 1.47 bits per heavy atom. The highest BCUT2D eigenvalue weighted by Gasteiger charge is 2.19. The Kier molecular flexibility index (Phi) is 4.36. The van der Waals surface area contributed by atoms with Crippen molar-refractivity contribution in [3.8, 4) is 0 Å². The third kappa shape index (κ3) is 4.16. The molecule has 6 heteroatoms. The van der Waals surface area contributed by atoms with Gasteiger partial charge in [-0.3, -0.25) is 14.7 Å². The van der Waals surface area contributed by atoms with Crippen LogP contribution in [0.25, 0.3) is 0 Å². The molecule has 0 aliphatic carbocycles. The Labute approximate surface area is 89.7 Å². The highest BCUT2D eigenvalue weighted by molar-refractivity contribution is 5.78. The van der Waals surface area contributed by atoms with E-state index in [0.717, 1.165) is 25.9 Å². The predicted molar refractivity (Wildman–Crippen MR) is 59.3 cm³/mol. The number of hydrogen-bond acceptors (Lipinski definition) is 3. The van der Waals surface area contributed by atoms with E-state index in [2.05, 4.69) is 15.2 Å². The molecule has 15 heavy (non-hydrogen) atoms. The maximum atomic E-state index is 10.7. The predicted octanol–water partition coefficient (Wildman–Crippen LogP) is -1.53. The molecule has 1 fully saturated rings. The van der Waals surface area contributed by atoms with Crippen LogP contribution in [0.3, 0.4) is 0 Å². The van der Waals surface area contributed by atoms with Crippen molar-refractivity contribution in [3.05, 3.63) is 0 Å². The Balaban J connectivity index is 2.26. The Bertz CT molecular complexity index is 245. The van der Waals surface area contributed by atoms with Crippen molar-refractivity contribution in [3.63, 3.8) is 0 Å². The second-order valence-corrected chi connectivity index (χ2v) is 3.77. The van der Waals surface area contributed by atoms with Crippen molar-refractivity contribution in [1.82, 2.24) is 10.2 Å². The summed E-state index contributed by atoms with van der Waals surface area (Å²) in [5.41, 5.74) is 10.7. The smallest absolute Gasteiger partial charge is 0.231 e. The molecular formula is C9H19N5O. The van der Waals surface area contributed by atoms with Crippen molar-refractivity contribution >= 4 is 11.9 Å². The summed E-state index contributed by atoms with van der Waals surface area (Å²) in [5.74, 6) is 0.208. The summed E-state index contributed by atoms with van der Waals surface area (Å²) in [7, 11) is 1.66. The van der Waals surface area contributed by atoms with E-state index < -0.39 is 0 Å². The van der Waals surface area contributed by atoms with Gasteiger partial charge in [0.15, 0.2) is 5.96 Å². The van der Waals surface area contributed by atoms with E-state index in [1.54, 1.807) is 7.05 Å². The van der Waals surface area contributed by atoms with Gasteiger partial charge in [-0.05, 0) is 12.8 Å². The first-order valence-corrected chi connectivity index (χ1v) is 5.11. The van der Waals surface area contributed by atoms with E-state index >= 15 is 0 Å². The summed E-state index contributed by atoms with van der Waals surface area (Å²) in [6, 6.07) is 0.359. The van der Waals surface area contributed by atoms with E-state index in [0.29, 0.717) is 18.5 Å². The van der Waals surface area contributed by atoms with Gasteiger partial charge in [-0.2, -0.15) is 0 Å². The standard InChI is InChI=1S/C9H19N5O/c1-12-9(11)13-7-2-4-14(5-3-7)6-8(10)15/h7H,2-6H2,1H3,(H2,10,15)(H3,11,12,13). The molecule has 0 aromatic carbocycles. The molecule has 0 bridgehead atoms. The normalized spacial score (nSPS) is 20.2. The molecule has 1 aliphatic rings. The Morgan fingerprint density at radius 3 is 2.53 bits per heavy atom. The molecule has 0 spiro atoms. The zero-order chi connectivity index (χ0) is 11.3. The minimum atomic E-state index is -0.268. The fourth-order valence-corrected chi connectivity index (χ4v) is 1.73. The van der Waals surface area contributed by atoms with Crippen LogP contribution in [0.2, 0.25) is 0 Å². The molecule has 0 atom stereocenters. The quantitative estimate of drug-likeness (QED) is 0.391. The Morgan fingerprint density at radius 2 is 2.07 bits per heavy atom. The molecule has 0 aromatic heterocycles. The molecule has 1 aliphatic heterocycles. The summed E-state index contributed by atoms with van der Waals surface area (Å²) in [6.07, 6.45) is 1.92. The van der Waals surface area contributed by atoms with Gasteiger partial charge >= 0.3 is 0 Å². The van der Waals surface area contributed by atoms with Gasteiger partial charge in [0, 0.05) is 26.2 Å². The molecule has 0 saturated carbocycles. The number of hydrogen-bond donors (Lipinski definition) is 3. The average molecular weight is 213 g/mol. The maximum Gasteiger partial charge on any atom is 0.231 e. The second kappa shape index (κ2) is 5.55. The highest BCUT2D eigenvalue weighted by Crippen LogP contribution is 2.09. The number of nitrogens with zero attached hydrogens (tertiary/aromatic N) is 2. The van der Waals surface area contributed by atoms with Crippen LogP contribution in [0.4, 0.5) is 0 Å². The molecule has 1 amide bonds. The fourth-order valence-electron chi connectivity index (χ4n) is 1.73. The lowest BCUT2D eigenvalue weighted by Gasteiger charge is -2.31. The number of carbonyl (C=O) groups excluding carboxylic acids is 1. The van der Waals surface area contributed by atoms with Crippen molar-refractivity contribution in [1.29, 1.82) is 0 Å². The lowest BCUT2D eigenvalue weighted by atomic mass is 10.1. The SMILES string of the molecule is CN=C(N)NC1CCN(CC(N)=O)CC1. The average Bonchev–Trinajstić information content (AvgIpc) is 2.20. The molecule has 0 aromatic rings. The van der Waals surface area contributed by atoms with Crippen molar-refractivity contribution in [2.24, 2.45) is 16.5 Å². The summed E-state index contributed by atoms with van der Waals surface area (Å²) in [4.78, 5) is 16.6. The van der Waals surface area contributed by atoms with Gasteiger partial charge in [0.25, 0.3) is 0 Å². The summed E-state index contributed by atoms with van der Waals surface area (Å²) < 4.78 is 0. The zero-order valence-electron chi connectivity index (χ0n) is 9.07. The first-order valence-electron chi connectivity index (χ1n) is 5.11. The molecule has 1 saturated heterocycles. The van der Waals surface area contributed by atoms with Gasteiger partial charge in [-0.1, -0.05) is 0 Å². The topological polar surface area (TPSA) is 96.7 Å². The number of nitrogens with one attached hydrogen (secondary N) is 1. The first-order chi connectivity index (χ1) is 7.11. The van der Waals surface area contributed by atoms with E-state index in [1.807, 2.05) is 0 Å². The fraction of sp³-hybridized carbons (Fsp3) is 0.778. The largest absolute Gasteiger partial charge is 0.370 e. The minimum absolute atomic E-state index is 0.268. The third-order valence-electron chi connectivity index (χ3n) is 2.56. The highest BCUT2D eigenvalue weighted by atomic mass is 16.1. The van der Waals surface area contributed by atoms with Gasteiger partial charge in [-0.15, -0.1) is 0 Å². The molecule has 5 N–H and O–H groups in total. The third-order valence-corrected chi connectivity index (χ3v) is 2.56. The van der Waals surface area contributed by atoms with Crippen LogP contribution >= 0.6 is 0 Å². The first kappa shape index (κ1) is 11.8. The van der Waals surface area contributed by atoms with Crippen LogP contribution in [-0.2, 0) is 4.79 Å². The monoisotopic (exact) mass is 213 g/mol. The van der Waals surface area contributed by atoms with Gasteiger partial charge in [-0.25, -0.2) is 0 Å². The van der Waals surface area contributed by atoms with Crippen LogP contribution in [-0.4, -0.2) is 49.5 Å². The van der Waals surface area contributed by atoms with Crippen LogP contribution in [0.5, 0.6) is 0 Å². The van der Waals surface area contributed by atoms with Crippen LogP contribution in [0.1, 0.15) is 12.8 Å². The van der Waals surface area contributed by atoms with Crippen molar-refractivity contribution in [2.45, 2.75) is 18.9 Å².